The Kier molecular flexibility index (Phi) is 5.96. The van der Waals surface area contributed by atoms with Crippen LogP contribution in [0.25, 0.3) is 0 Å². The van der Waals surface area contributed by atoms with Crippen molar-refractivity contribution < 1.29 is 18.6 Å². The molecule has 2 heterocycles. The van der Waals surface area contributed by atoms with Gasteiger partial charge in [-0.3, -0.25) is 19.3 Å². The first-order chi connectivity index (χ1) is 13.4. The molecule has 0 amide bonds. The van der Waals surface area contributed by atoms with Gasteiger partial charge in [0.15, 0.2) is 5.02 Å². The summed E-state index contributed by atoms with van der Waals surface area (Å²) in [4.78, 5) is 24.8. The number of aromatic nitrogens is 4. The van der Waals surface area contributed by atoms with Crippen LogP contribution in [0.4, 0.5) is 8.78 Å². The van der Waals surface area contributed by atoms with Gasteiger partial charge in [-0.1, -0.05) is 11.6 Å². The van der Waals surface area contributed by atoms with E-state index in [1.807, 2.05) is 0 Å². The lowest BCUT2D eigenvalue weighted by molar-refractivity contribution is 0.276. The Balaban J connectivity index is 1.82. The Morgan fingerprint density at radius 3 is 2.57 bits per heavy atom. The molecule has 0 fully saturated rings. The Hall–Kier alpha value is -2.91. The van der Waals surface area contributed by atoms with Crippen LogP contribution in [0.1, 0.15) is 22.8 Å². The molecule has 3 aromatic rings. The number of ether oxygens (including phenoxy) is 1. The predicted molar refractivity (Wildman–Crippen MR) is 96.0 cm³/mol. The molecule has 0 aliphatic carbocycles. The van der Waals surface area contributed by atoms with E-state index in [4.69, 9.17) is 21.4 Å². The van der Waals surface area contributed by atoms with Crippen LogP contribution in [0.2, 0.25) is 5.02 Å². The maximum atomic E-state index is 13.7. The van der Waals surface area contributed by atoms with Crippen LogP contribution in [0, 0.1) is 18.6 Å². The summed E-state index contributed by atoms with van der Waals surface area (Å²) in [7, 11) is 0. The zero-order valence-corrected chi connectivity index (χ0v) is 15.5. The average molecular weight is 409 g/mol. The fraction of sp³-hybridized carbons (Fsp3) is 0.222. The molecule has 0 saturated heterocycles. The zero-order valence-electron chi connectivity index (χ0n) is 14.7. The van der Waals surface area contributed by atoms with E-state index < -0.39 is 17.2 Å². The second-order valence-electron chi connectivity index (χ2n) is 5.85. The molecule has 1 aromatic carbocycles. The van der Waals surface area contributed by atoms with E-state index in [1.165, 1.54) is 23.0 Å². The van der Waals surface area contributed by atoms with Crippen molar-refractivity contribution in [3.63, 3.8) is 0 Å². The minimum absolute atomic E-state index is 0.0724. The number of benzene rings is 1. The van der Waals surface area contributed by atoms with E-state index in [0.29, 0.717) is 17.2 Å². The topological polar surface area (TPSA) is 90.1 Å². The summed E-state index contributed by atoms with van der Waals surface area (Å²) in [5.74, 6) is -1.32. The number of aliphatic hydroxyl groups is 1. The molecule has 0 radical (unpaired) electrons. The molecule has 1 N–H and O–H groups in total. The second kappa shape index (κ2) is 8.41. The summed E-state index contributed by atoms with van der Waals surface area (Å²) >= 11 is 6.07. The van der Waals surface area contributed by atoms with Crippen molar-refractivity contribution in [3.8, 4) is 5.88 Å². The Morgan fingerprint density at radius 1 is 1.21 bits per heavy atom. The summed E-state index contributed by atoms with van der Waals surface area (Å²) in [5, 5.41) is 8.73. The van der Waals surface area contributed by atoms with Crippen molar-refractivity contribution >= 4 is 11.6 Å². The Labute approximate surface area is 163 Å². The van der Waals surface area contributed by atoms with Crippen molar-refractivity contribution in [1.29, 1.82) is 0 Å². The first-order valence-corrected chi connectivity index (χ1v) is 8.51. The van der Waals surface area contributed by atoms with Gasteiger partial charge in [0.1, 0.15) is 24.1 Å². The molecule has 0 aliphatic heterocycles. The Bertz CT molecular complexity index is 1060. The number of aryl methyl sites for hydroxylation is 1. The van der Waals surface area contributed by atoms with E-state index in [-0.39, 0.29) is 36.2 Å². The van der Waals surface area contributed by atoms with Gasteiger partial charge in [-0.05, 0) is 19.1 Å². The van der Waals surface area contributed by atoms with E-state index in [0.717, 1.165) is 12.1 Å². The Morgan fingerprint density at radius 2 is 1.93 bits per heavy atom. The summed E-state index contributed by atoms with van der Waals surface area (Å²) in [6, 6.07) is 3.07. The van der Waals surface area contributed by atoms with Gasteiger partial charge in [-0.2, -0.15) is 4.98 Å². The molecule has 0 atom stereocenters. The standard InChI is InChI=1S/C18H15ClF2N4O3/c1-10-24-17(28-9-11-2-3-12(20)4-15(11)21)16(19)18(27)25(10)7-13-5-23-14(8-26)6-22-13/h2-6,26H,7-9H2,1H3. The normalized spacial score (nSPS) is 10.9. The van der Waals surface area contributed by atoms with Gasteiger partial charge < -0.3 is 9.84 Å². The molecule has 0 unspecified atom stereocenters. The maximum absolute atomic E-state index is 13.7. The van der Waals surface area contributed by atoms with Gasteiger partial charge in [0.05, 0.1) is 36.9 Å². The fourth-order valence-electron chi connectivity index (χ4n) is 2.39. The van der Waals surface area contributed by atoms with Gasteiger partial charge in [-0.25, -0.2) is 8.78 Å². The SMILES string of the molecule is Cc1nc(OCc2ccc(F)cc2F)c(Cl)c(=O)n1Cc1cnc(CO)cn1. The summed E-state index contributed by atoms with van der Waals surface area (Å²) in [6.45, 7) is 1.15. The summed E-state index contributed by atoms with van der Waals surface area (Å²) in [5.41, 5.74) is 0.417. The van der Waals surface area contributed by atoms with Crippen molar-refractivity contribution in [2.45, 2.75) is 26.7 Å². The van der Waals surface area contributed by atoms with Crippen molar-refractivity contribution in [3.05, 3.63) is 80.4 Å². The van der Waals surface area contributed by atoms with Crippen molar-refractivity contribution in [1.82, 2.24) is 19.5 Å². The molecule has 0 bridgehead atoms. The number of nitrogens with zero attached hydrogens (tertiary/aromatic N) is 4. The number of aliphatic hydroxyl groups excluding tert-OH is 1. The van der Waals surface area contributed by atoms with Crippen LogP contribution in [0.3, 0.4) is 0 Å². The average Bonchev–Trinajstić information content (AvgIpc) is 2.68. The molecule has 0 saturated carbocycles. The predicted octanol–water partition coefficient (Wildman–Crippen LogP) is 2.39. The fourth-order valence-corrected chi connectivity index (χ4v) is 2.59. The summed E-state index contributed by atoms with van der Waals surface area (Å²) in [6.07, 6.45) is 2.84. The molecule has 7 nitrogen and oxygen atoms in total. The van der Waals surface area contributed by atoms with Crippen LogP contribution in [0.5, 0.6) is 5.88 Å². The lowest BCUT2D eigenvalue weighted by Gasteiger charge is -2.13. The van der Waals surface area contributed by atoms with Crippen LogP contribution < -0.4 is 10.3 Å². The number of hydrogen-bond donors (Lipinski definition) is 1. The third kappa shape index (κ3) is 4.32. The van der Waals surface area contributed by atoms with Gasteiger partial charge >= 0.3 is 0 Å². The molecular formula is C18H15ClF2N4O3. The van der Waals surface area contributed by atoms with E-state index in [9.17, 15) is 13.6 Å². The third-order valence-corrected chi connectivity index (χ3v) is 4.22. The molecule has 28 heavy (non-hydrogen) atoms. The first-order valence-electron chi connectivity index (χ1n) is 8.13. The molecule has 0 aliphatic rings. The highest BCUT2D eigenvalue weighted by Gasteiger charge is 2.16. The van der Waals surface area contributed by atoms with Crippen molar-refractivity contribution in [2.24, 2.45) is 0 Å². The van der Waals surface area contributed by atoms with Gasteiger partial charge in [0, 0.05) is 11.6 Å². The summed E-state index contributed by atoms with van der Waals surface area (Å²) < 4.78 is 33.3. The largest absolute Gasteiger partial charge is 0.471 e. The van der Waals surface area contributed by atoms with Gasteiger partial charge in [0.25, 0.3) is 5.56 Å². The molecular weight excluding hydrogens is 394 g/mol. The second-order valence-corrected chi connectivity index (χ2v) is 6.23. The number of halogens is 3. The quantitative estimate of drug-likeness (QED) is 0.673. The number of rotatable bonds is 6. The zero-order chi connectivity index (χ0) is 20.3. The number of hydrogen-bond acceptors (Lipinski definition) is 6. The van der Waals surface area contributed by atoms with E-state index in [2.05, 4.69) is 15.0 Å². The minimum Gasteiger partial charge on any atom is -0.471 e. The third-order valence-electron chi connectivity index (χ3n) is 3.90. The first kappa shape index (κ1) is 19.8. The van der Waals surface area contributed by atoms with E-state index in [1.54, 1.807) is 6.92 Å². The van der Waals surface area contributed by atoms with Gasteiger partial charge in [-0.15, -0.1) is 0 Å². The lowest BCUT2D eigenvalue weighted by Crippen LogP contribution is -2.26. The highest BCUT2D eigenvalue weighted by atomic mass is 35.5. The highest BCUT2D eigenvalue weighted by Crippen LogP contribution is 2.20. The highest BCUT2D eigenvalue weighted by molar-refractivity contribution is 6.31. The van der Waals surface area contributed by atoms with Crippen LogP contribution in [0.15, 0.2) is 35.4 Å². The monoisotopic (exact) mass is 408 g/mol. The minimum atomic E-state index is -0.772. The smallest absolute Gasteiger partial charge is 0.276 e. The molecule has 0 spiro atoms. The molecule has 146 valence electrons. The van der Waals surface area contributed by atoms with Crippen molar-refractivity contribution in [2.75, 3.05) is 0 Å². The molecule has 3 rings (SSSR count). The van der Waals surface area contributed by atoms with Crippen LogP contribution in [-0.2, 0) is 19.8 Å². The van der Waals surface area contributed by atoms with Gasteiger partial charge in [0.2, 0.25) is 5.88 Å². The molecule has 10 heteroatoms. The molecule has 2 aromatic heterocycles. The lowest BCUT2D eigenvalue weighted by atomic mass is 10.2. The van der Waals surface area contributed by atoms with Crippen LogP contribution >= 0.6 is 11.6 Å². The maximum Gasteiger partial charge on any atom is 0.276 e. The van der Waals surface area contributed by atoms with Crippen LogP contribution in [-0.4, -0.2) is 24.6 Å². The van der Waals surface area contributed by atoms with E-state index >= 15 is 0 Å².